The molecule has 6 fully saturated rings. The summed E-state index contributed by atoms with van der Waals surface area (Å²) in [7, 11) is 3.97. The summed E-state index contributed by atoms with van der Waals surface area (Å²) in [5.41, 5.74) is 12.8. The van der Waals surface area contributed by atoms with E-state index in [0.29, 0.717) is 109 Å². The summed E-state index contributed by atoms with van der Waals surface area (Å²) in [6, 6.07) is 8.27. The zero-order chi connectivity index (χ0) is 76.6. The predicted octanol–water partition coefficient (Wildman–Crippen LogP) is 5.39. The molecular formula is C58H88N16O6. The normalized spacial score (nSPS) is 29.7. The van der Waals surface area contributed by atoms with Gasteiger partial charge in [0.05, 0.1) is 37.0 Å². The zero-order valence-electron chi connectivity index (χ0n) is 68.7. The summed E-state index contributed by atoms with van der Waals surface area (Å²) in [6.45, 7) is -22.3. The maximum atomic E-state index is 12.5. The minimum Gasteiger partial charge on any atom is -0.495 e. The van der Waals surface area contributed by atoms with Gasteiger partial charge in [-0.05, 0) is 102 Å². The number of rotatable bonds is 18. The Balaban J connectivity index is 0.000000240. The number of anilines is 8. The highest BCUT2D eigenvalue weighted by molar-refractivity contribution is 5.97. The molecular weight excluding hydrogens is 1020 g/mol. The second-order valence-electron chi connectivity index (χ2n) is 19.5. The smallest absolute Gasteiger partial charge is 0.271 e. The maximum absolute atomic E-state index is 12.5. The number of nitrogens with zero attached hydrogens (tertiary/aromatic N) is 10. The number of nitrogens with two attached hydrogens (primary N) is 2. The summed E-state index contributed by atoms with van der Waals surface area (Å²) in [6.07, 6.45) is -0.629. The van der Waals surface area contributed by atoms with Gasteiger partial charge in [0.25, 0.3) is 11.8 Å². The van der Waals surface area contributed by atoms with E-state index in [1.54, 1.807) is 36.4 Å². The largest absolute Gasteiger partial charge is 0.495 e. The standard InChI is InChI=1S/2C29H44N8O3/c2*1-4-23-28(31-20-9-17-40-18-10-20)34-29(26(33-23)27(30)38)32-21-5-6-24(25(19-21)39-3)37-11-7-22(8-12-37)36-15-13-35(2)14-16-36/h2*5-6,19-20,22H,4,7-18H2,1-3H3,(H2,30,38)(H2,31,32,34)/i2D3,4D2,13D2,14D2,15D2,16D2;4D2,13D2,14D2,15D2,16D2. The van der Waals surface area contributed by atoms with E-state index in [1.165, 1.54) is 28.1 Å². The molecule has 0 spiro atoms. The molecule has 22 heteroatoms. The molecule has 80 heavy (non-hydrogen) atoms. The lowest BCUT2D eigenvalue weighted by Gasteiger charge is -2.42. The molecule has 2 amide bonds. The summed E-state index contributed by atoms with van der Waals surface area (Å²) in [5, 5.41) is 12.6. The van der Waals surface area contributed by atoms with Crippen LogP contribution in [0.25, 0.3) is 0 Å². The lowest BCUT2D eigenvalue weighted by atomic mass is 10.0. The van der Waals surface area contributed by atoms with Gasteiger partial charge >= 0.3 is 0 Å². The van der Waals surface area contributed by atoms with E-state index in [2.05, 4.69) is 41.2 Å². The second-order valence-corrected chi connectivity index (χ2v) is 19.5. The van der Waals surface area contributed by atoms with Crippen LogP contribution in [0.3, 0.4) is 0 Å². The lowest BCUT2D eigenvalue weighted by molar-refractivity contribution is 0.0902. The van der Waals surface area contributed by atoms with Crippen LogP contribution in [-0.2, 0) is 22.2 Å². The molecule has 8 N–H and O–H groups in total. The minimum atomic E-state index is -3.48. The number of aromatic nitrogens is 4. The number of hydrogen-bond acceptors (Lipinski definition) is 20. The van der Waals surface area contributed by atoms with Gasteiger partial charge in [-0.3, -0.25) is 19.4 Å². The number of methoxy groups -OCH3 is 2. The quantitative estimate of drug-likeness (QED) is 0.0731. The molecule has 22 nitrogen and oxygen atoms in total. The average Bonchev–Trinajstić information content (AvgIpc) is 0.690. The highest BCUT2D eigenvalue weighted by Crippen LogP contribution is 2.37. The van der Waals surface area contributed by atoms with Gasteiger partial charge in [-0.1, -0.05) is 13.8 Å². The van der Waals surface area contributed by atoms with Crippen molar-refractivity contribution < 1.29 is 60.1 Å². The van der Waals surface area contributed by atoms with Gasteiger partial charge in [-0.25, -0.2) is 19.9 Å². The van der Waals surface area contributed by atoms with E-state index in [1.807, 2.05) is 9.80 Å². The van der Waals surface area contributed by atoms with Crippen molar-refractivity contribution in [3.8, 4) is 11.5 Å². The number of amides is 2. The van der Waals surface area contributed by atoms with Crippen LogP contribution in [-0.4, -0.2) is 208 Å². The average molecular weight is 1130 g/mol. The number of ether oxygens (including phenoxy) is 4. The molecule has 6 aliphatic heterocycles. The molecule has 0 radical (unpaired) electrons. The second kappa shape index (κ2) is 27.9. The lowest BCUT2D eigenvalue weighted by Crippen LogP contribution is -2.52. The molecule has 0 atom stereocenters. The first kappa shape index (κ1) is 35.5. The van der Waals surface area contributed by atoms with Crippen molar-refractivity contribution in [3.05, 3.63) is 59.2 Å². The number of piperidine rings is 2. The topological polar surface area (TPSA) is 242 Å². The Morgan fingerprint density at radius 3 is 1.34 bits per heavy atom. The van der Waals surface area contributed by atoms with Crippen molar-refractivity contribution in [2.75, 3.05) is 164 Å². The van der Waals surface area contributed by atoms with Crippen LogP contribution in [0.1, 0.15) is 129 Å². The van der Waals surface area contributed by atoms with Crippen LogP contribution >= 0.6 is 0 Å². The Labute approximate surface area is 505 Å². The third kappa shape index (κ3) is 14.8. The van der Waals surface area contributed by atoms with Crippen molar-refractivity contribution in [2.45, 2.75) is 102 Å². The number of likely N-dealkylation sites (N-methyl/N-ethyl adjacent to an activating group) is 2. The van der Waals surface area contributed by atoms with Crippen molar-refractivity contribution >= 4 is 57.8 Å². The fourth-order valence-electron chi connectivity index (χ4n) is 9.99. The Hall–Kier alpha value is -6.30. The molecule has 0 aliphatic carbocycles. The van der Waals surface area contributed by atoms with Gasteiger partial charge < -0.3 is 71.3 Å². The third-order valence-electron chi connectivity index (χ3n) is 14.3. The van der Waals surface area contributed by atoms with Gasteiger partial charge in [0, 0.05) is 184 Å². The molecule has 8 heterocycles. The van der Waals surface area contributed by atoms with Crippen LogP contribution in [0.2, 0.25) is 0 Å². The van der Waals surface area contributed by atoms with Crippen molar-refractivity contribution in [1.82, 2.24) is 39.5 Å². The zero-order valence-corrected chi connectivity index (χ0v) is 45.7. The number of piperazine rings is 2. The molecule has 2 aromatic heterocycles. The monoisotopic (exact) mass is 1130 g/mol. The Bertz CT molecular complexity index is 3680. The molecule has 4 aromatic rings. The number of nitrogens with one attached hydrogen (secondary N) is 4. The summed E-state index contributed by atoms with van der Waals surface area (Å²) >= 11 is 0. The summed E-state index contributed by atoms with van der Waals surface area (Å²) < 4.78 is 215. The fraction of sp³-hybridized carbons (Fsp3) is 0.621. The number of aryl methyl sites for hydroxylation is 2. The molecule has 10 rings (SSSR count). The van der Waals surface area contributed by atoms with Gasteiger partial charge in [0.2, 0.25) is 0 Å². The van der Waals surface area contributed by atoms with Crippen LogP contribution in [0.5, 0.6) is 11.5 Å². The highest BCUT2D eigenvalue weighted by Gasteiger charge is 2.31. The first-order chi connectivity index (χ1) is 47.5. The highest BCUT2D eigenvalue weighted by atomic mass is 16.5. The van der Waals surface area contributed by atoms with Crippen molar-refractivity contribution in [2.24, 2.45) is 11.5 Å². The molecule has 6 aliphatic rings. The van der Waals surface area contributed by atoms with Gasteiger partial charge in [0.15, 0.2) is 34.7 Å². The first-order valence-electron chi connectivity index (χ1n) is 38.2. The predicted molar refractivity (Wildman–Crippen MR) is 316 cm³/mol. The third-order valence-corrected chi connectivity index (χ3v) is 14.3. The molecule has 6 saturated heterocycles. The number of hydrogen-bond donors (Lipinski definition) is 6. The molecule has 0 unspecified atom stereocenters. The van der Waals surface area contributed by atoms with E-state index >= 15 is 0 Å². The SMILES string of the molecule is [2H]C([2H])(C)c1nc(C(N)=O)c(Nc2ccc(N3CCC(N4C([2H])([2H])C([2H])([2H])N(C([2H])([2H])[2H])C([2H])([2H])C4([2H])[2H])CC3)c(OC)c2)nc1NC1CCOCC1.[2H]C([2H])(C)c1nc(C(N)=O)c(Nc2ccc(N3CCC(N4C([2H])([2H])C([2H])([2H])N(C)C([2H])([2H])C4([2H])[2H])CC3)c(OC)c2)nc1NC1CCOCC1. The van der Waals surface area contributed by atoms with Crippen molar-refractivity contribution in [3.63, 3.8) is 0 Å². The summed E-state index contributed by atoms with van der Waals surface area (Å²) in [4.78, 5) is 48.0. The fourth-order valence-corrected chi connectivity index (χ4v) is 9.99. The van der Waals surface area contributed by atoms with Gasteiger partial charge in [-0.2, -0.15) is 0 Å². The Morgan fingerprint density at radius 1 is 0.600 bits per heavy atom. The summed E-state index contributed by atoms with van der Waals surface area (Å²) in [5.74, 6) is -0.690. The molecule has 0 saturated carbocycles. The van der Waals surface area contributed by atoms with Crippen LogP contribution < -0.4 is 52.0 Å². The van der Waals surface area contributed by atoms with E-state index in [4.69, 9.17) is 61.9 Å². The van der Waals surface area contributed by atoms with Gasteiger partial charge in [-0.15, -0.1) is 0 Å². The number of carbonyl (C=O) groups excluding carboxylic acids is 2. The van der Waals surface area contributed by atoms with E-state index in [9.17, 15) is 9.59 Å². The van der Waals surface area contributed by atoms with Crippen LogP contribution in [0.4, 0.5) is 46.0 Å². The number of benzene rings is 2. The Morgan fingerprint density at radius 2 is 0.988 bits per heavy atom. The van der Waals surface area contributed by atoms with E-state index < -0.39 is 95.6 Å². The maximum Gasteiger partial charge on any atom is 0.271 e. The van der Waals surface area contributed by atoms with Gasteiger partial charge in [0.1, 0.15) is 11.5 Å². The number of primary amides is 2. The van der Waals surface area contributed by atoms with E-state index in [0.717, 1.165) is 11.9 Å². The van der Waals surface area contributed by atoms with Crippen LogP contribution in [0.15, 0.2) is 36.4 Å². The number of carbonyl (C=O) groups is 2. The van der Waals surface area contributed by atoms with Crippen molar-refractivity contribution in [1.29, 1.82) is 0 Å². The van der Waals surface area contributed by atoms with E-state index in [-0.39, 0.29) is 102 Å². The molecule has 0 bridgehead atoms. The molecule has 436 valence electrons. The minimum absolute atomic E-state index is 0.0162. The first-order valence-corrected chi connectivity index (χ1v) is 26.7. The Kier molecular flexibility index (Phi) is 12.4. The van der Waals surface area contributed by atoms with Crippen LogP contribution in [0, 0.1) is 0 Å². The molecule has 2 aromatic carbocycles.